The van der Waals surface area contributed by atoms with E-state index in [9.17, 15) is 14.9 Å². The van der Waals surface area contributed by atoms with Crippen molar-refractivity contribution in [2.24, 2.45) is 0 Å². The van der Waals surface area contributed by atoms with Crippen molar-refractivity contribution < 1.29 is 14.5 Å². The molecule has 6 heteroatoms. The quantitative estimate of drug-likeness (QED) is 0.464. The monoisotopic (exact) mass is 250 g/mol. The van der Waals surface area contributed by atoms with Crippen LogP contribution >= 0.6 is 0 Å². The predicted molar refractivity (Wildman–Crippen MR) is 65.5 cm³/mol. The van der Waals surface area contributed by atoms with Gasteiger partial charge in [-0.05, 0) is 18.9 Å². The van der Waals surface area contributed by atoms with Gasteiger partial charge in [0.05, 0.1) is 12.0 Å². The summed E-state index contributed by atoms with van der Waals surface area (Å²) >= 11 is 0. The molecular formula is C12H14N2O4. The molecule has 0 unspecified atom stereocenters. The van der Waals surface area contributed by atoms with Gasteiger partial charge in [-0.25, -0.2) is 4.79 Å². The highest BCUT2D eigenvalue weighted by atomic mass is 16.6. The summed E-state index contributed by atoms with van der Waals surface area (Å²) < 4.78 is 4.74. The van der Waals surface area contributed by atoms with Crippen molar-refractivity contribution in [3.05, 3.63) is 34.4 Å². The molecule has 0 radical (unpaired) electrons. The van der Waals surface area contributed by atoms with E-state index in [0.717, 1.165) is 6.42 Å². The molecule has 96 valence electrons. The SMILES string of the molecule is COC(=O)[C@@H]1CCCN1c1ccccc1[N+](=O)[O-]. The van der Waals surface area contributed by atoms with Crippen LogP contribution in [0.1, 0.15) is 12.8 Å². The molecular weight excluding hydrogens is 236 g/mol. The van der Waals surface area contributed by atoms with E-state index in [-0.39, 0.29) is 11.7 Å². The maximum Gasteiger partial charge on any atom is 0.328 e. The molecule has 18 heavy (non-hydrogen) atoms. The summed E-state index contributed by atoms with van der Waals surface area (Å²) in [4.78, 5) is 24.0. The van der Waals surface area contributed by atoms with Gasteiger partial charge < -0.3 is 9.64 Å². The Labute approximate surface area is 104 Å². The summed E-state index contributed by atoms with van der Waals surface area (Å²) in [6.07, 6.45) is 1.49. The zero-order valence-electron chi connectivity index (χ0n) is 10.0. The molecule has 1 atom stereocenters. The molecule has 6 nitrogen and oxygen atoms in total. The van der Waals surface area contributed by atoms with E-state index in [1.165, 1.54) is 13.2 Å². The van der Waals surface area contributed by atoms with Gasteiger partial charge in [-0.3, -0.25) is 10.1 Å². The summed E-state index contributed by atoms with van der Waals surface area (Å²) in [6.45, 7) is 0.630. The van der Waals surface area contributed by atoms with E-state index in [2.05, 4.69) is 0 Å². The summed E-state index contributed by atoms with van der Waals surface area (Å²) in [5.74, 6) is -0.342. The van der Waals surface area contributed by atoms with Crippen LogP contribution in [0.5, 0.6) is 0 Å². The lowest BCUT2D eigenvalue weighted by Crippen LogP contribution is -2.37. The molecule has 0 aliphatic carbocycles. The third kappa shape index (κ3) is 2.13. The van der Waals surface area contributed by atoms with Crippen LogP contribution in [0, 0.1) is 10.1 Å². The standard InChI is InChI=1S/C12H14N2O4/c1-18-12(15)11-7-4-8-13(11)9-5-2-3-6-10(9)14(16)17/h2-3,5-6,11H,4,7-8H2,1H3/t11-/m0/s1. The van der Waals surface area contributed by atoms with Crippen molar-refractivity contribution in [2.75, 3.05) is 18.6 Å². The van der Waals surface area contributed by atoms with Crippen LogP contribution in [0.2, 0.25) is 0 Å². The fourth-order valence-corrected chi connectivity index (χ4v) is 2.30. The van der Waals surface area contributed by atoms with Gasteiger partial charge in [-0.15, -0.1) is 0 Å². The van der Waals surface area contributed by atoms with Crippen LogP contribution in [-0.4, -0.2) is 30.6 Å². The highest BCUT2D eigenvalue weighted by Crippen LogP contribution is 2.33. The van der Waals surface area contributed by atoms with Gasteiger partial charge in [0, 0.05) is 12.6 Å². The zero-order valence-corrected chi connectivity index (χ0v) is 10.0. The van der Waals surface area contributed by atoms with Crippen molar-refractivity contribution in [3.8, 4) is 0 Å². The van der Waals surface area contributed by atoms with E-state index in [1.807, 2.05) is 0 Å². The van der Waals surface area contributed by atoms with Crippen molar-refractivity contribution in [2.45, 2.75) is 18.9 Å². The number of rotatable bonds is 3. The van der Waals surface area contributed by atoms with Gasteiger partial charge in [-0.1, -0.05) is 12.1 Å². The molecule has 1 aromatic carbocycles. The Hall–Kier alpha value is -2.11. The first-order chi connectivity index (χ1) is 8.65. The molecule has 1 aromatic rings. The van der Waals surface area contributed by atoms with Crippen LogP contribution in [0.3, 0.4) is 0 Å². The number of carbonyl (C=O) groups excluding carboxylic acids is 1. The Morgan fingerprint density at radius 1 is 1.50 bits per heavy atom. The van der Waals surface area contributed by atoms with Crippen molar-refractivity contribution in [1.82, 2.24) is 0 Å². The van der Waals surface area contributed by atoms with E-state index in [0.29, 0.717) is 18.7 Å². The molecule has 1 saturated heterocycles. The zero-order chi connectivity index (χ0) is 13.1. The molecule has 0 bridgehead atoms. The number of benzene rings is 1. The smallest absolute Gasteiger partial charge is 0.328 e. The third-order valence-electron chi connectivity index (χ3n) is 3.11. The van der Waals surface area contributed by atoms with Gasteiger partial charge >= 0.3 is 5.97 Å². The van der Waals surface area contributed by atoms with E-state index >= 15 is 0 Å². The molecule has 0 aromatic heterocycles. The number of para-hydroxylation sites is 2. The number of ether oxygens (including phenoxy) is 1. The predicted octanol–water partition coefficient (Wildman–Crippen LogP) is 1.74. The molecule has 0 amide bonds. The van der Waals surface area contributed by atoms with Crippen LogP contribution in [0.4, 0.5) is 11.4 Å². The number of methoxy groups -OCH3 is 1. The number of anilines is 1. The molecule has 0 N–H and O–H groups in total. The van der Waals surface area contributed by atoms with Gasteiger partial charge in [0.25, 0.3) is 5.69 Å². The van der Waals surface area contributed by atoms with E-state index in [1.54, 1.807) is 23.1 Å². The number of carbonyl (C=O) groups is 1. The normalized spacial score (nSPS) is 18.7. The first-order valence-corrected chi connectivity index (χ1v) is 5.73. The minimum absolute atomic E-state index is 0.0216. The molecule has 1 heterocycles. The minimum atomic E-state index is -0.429. The van der Waals surface area contributed by atoms with Crippen LogP contribution in [0.25, 0.3) is 0 Å². The fraction of sp³-hybridized carbons (Fsp3) is 0.417. The maximum absolute atomic E-state index is 11.6. The van der Waals surface area contributed by atoms with Gasteiger partial charge in [0.2, 0.25) is 0 Å². The highest BCUT2D eigenvalue weighted by molar-refractivity contribution is 5.82. The third-order valence-corrected chi connectivity index (χ3v) is 3.11. The Kier molecular flexibility index (Phi) is 3.45. The van der Waals surface area contributed by atoms with Crippen molar-refractivity contribution in [3.63, 3.8) is 0 Å². The number of nitrogens with zero attached hydrogens (tertiary/aromatic N) is 2. The second-order valence-corrected chi connectivity index (χ2v) is 4.12. The van der Waals surface area contributed by atoms with E-state index in [4.69, 9.17) is 4.74 Å². The van der Waals surface area contributed by atoms with Crippen LogP contribution < -0.4 is 4.90 Å². The second kappa shape index (κ2) is 5.03. The molecule has 2 rings (SSSR count). The molecule has 1 aliphatic rings. The van der Waals surface area contributed by atoms with Crippen molar-refractivity contribution >= 4 is 17.3 Å². The summed E-state index contributed by atoms with van der Waals surface area (Å²) in [6, 6.07) is 6.04. The lowest BCUT2D eigenvalue weighted by Gasteiger charge is -2.24. The summed E-state index contributed by atoms with van der Waals surface area (Å²) in [5.41, 5.74) is 0.503. The topological polar surface area (TPSA) is 72.7 Å². The van der Waals surface area contributed by atoms with Crippen LogP contribution in [0.15, 0.2) is 24.3 Å². The Bertz CT molecular complexity index is 475. The second-order valence-electron chi connectivity index (χ2n) is 4.12. The minimum Gasteiger partial charge on any atom is -0.467 e. The Morgan fingerprint density at radius 2 is 2.22 bits per heavy atom. The maximum atomic E-state index is 11.6. The number of nitro benzene ring substituents is 1. The van der Waals surface area contributed by atoms with Gasteiger partial charge in [0.15, 0.2) is 0 Å². The van der Waals surface area contributed by atoms with Crippen LogP contribution in [-0.2, 0) is 9.53 Å². The van der Waals surface area contributed by atoms with Gasteiger partial charge in [0.1, 0.15) is 11.7 Å². The first-order valence-electron chi connectivity index (χ1n) is 5.73. The Balaban J connectivity index is 2.36. The average Bonchev–Trinajstić information content (AvgIpc) is 2.86. The lowest BCUT2D eigenvalue weighted by atomic mass is 10.2. The van der Waals surface area contributed by atoms with Crippen molar-refractivity contribution in [1.29, 1.82) is 0 Å². The number of hydrogen-bond donors (Lipinski definition) is 0. The number of hydrogen-bond acceptors (Lipinski definition) is 5. The molecule has 1 fully saturated rings. The summed E-state index contributed by atoms with van der Waals surface area (Å²) in [7, 11) is 1.33. The first kappa shape index (κ1) is 12.3. The Morgan fingerprint density at radius 3 is 2.89 bits per heavy atom. The fourth-order valence-electron chi connectivity index (χ4n) is 2.30. The molecule has 1 aliphatic heterocycles. The van der Waals surface area contributed by atoms with E-state index < -0.39 is 11.0 Å². The molecule has 0 saturated carbocycles. The summed E-state index contributed by atoms with van der Waals surface area (Å²) in [5, 5.41) is 11.0. The molecule has 0 spiro atoms. The number of nitro groups is 1. The lowest BCUT2D eigenvalue weighted by molar-refractivity contribution is -0.384. The number of esters is 1. The highest BCUT2D eigenvalue weighted by Gasteiger charge is 2.34. The van der Waals surface area contributed by atoms with Gasteiger partial charge in [-0.2, -0.15) is 0 Å². The largest absolute Gasteiger partial charge is 0.467 e. The average molecular weight is 250 g/mol.